The number of benzene rings is 2. The van der Waals surface area contributed by atoms with E-state index in [1.165, 1.54) is 0 Å². The fraction of sp³-hybridized carbons (Fsp3) is 0.393. The summed E-state index contributed by atoms with van der Waals surface area (Å²) in [5.74, 6) is -1.41. The summed E-state index contributed by atoms with van der Waals surface area (Å²) < 4.78 is 5.61. The Labute approximate surface area is 205 Å². The van der Waals surface area contributed by atoms with Crippen molar-refractivity contribution >= 4 is 18.0 Å². The van der Waals surface area contributed by atoms with Crippen LogP contribution in [0.4, 0.5) is 4.79 Å². The van der Waals surface area contributed by atoms with E-state index in [0.717, 1.165) is 35.1 Å². The molecule has 1 atom stereocenters. The van der Waals surface area contributed by atoms with Gasteiger partial charge in [-0.1, -0.05) is 67.4 Å². The summed E-state index contributed by atoms with van der Waals surface area (Å²) in [7, 11) is 0. The molecule has 7 nitrogen and oxygen atoms in total. The molecule has 184 valence electrons. The molecule has 1 saturated carbocycles. The normalized spacial score (nSPS) is 16.6. The highest BCUT2D eigenvalue weighted by Crippen LogP contribution is 2.44. The van der Waals surface area contributed by atoms with Gasteiger partial charge in [-0.25, -0.2) is 4.79 Å². The highest BCUT2D eigenvalue weighted by Gasteiger charge is 2.39. The molecule has 0 saturated heterocycles. The van der Waals surface area contributed by atoms with Crippen LogP contribution >= 0.6 is 0 Å². The van der Waals surface area contributed by atoms with E-state index in [4.69, 9.17) is 4.74 Å². The van der Waals surface area contributed by atoms with Gasteiger partial charge in [-0.05, 0) is 47.9 Å². The summed E-state index contributed by atoms with van der Waals surface area (Å²) in [6.45, 7) is 3.86. The fourth-order valence-electron chi connectivity index (χ4n) is 5.37. The van der Waals surface area contributed by atoms with Gasteiger partial charge < -0.3 is 20.5 Å². The van der Waals surface area contributed by atoms with Crippen LogP contribution in [0.2, 0.25) is 0 Å². The van der Waals surface area contributed by atoms with E-state index in [0.29, 0.717) is 25.7 Å². The third-order valence-corrected chi connectivity index (χ3v) is 7.05. The zero-order valence-electron chi connectivity index (χ0n) is 19.8. The molecule has 2 aromatic carbocycles. The molecule has 2 amide bonds. The average Bonchev–Trinajstić information content (AvgIpc) is 3.42. The lowest BCUT2D eigenvalue weighted by atomic mass is 9.92. The number of ether oxygens (including phenoxy) is 1. The van der Waals surface area contributed by atoms with Crippen molar-refractivity contribution in [2.24, 2.45) is 0 Å². The Kier molecular flexibility index (Phi) is 7.54. The van der Waals surface area contributed by atoms with E-state index in [-0.39, 0.29) is 24.9 Å². The Morgan fingerprint density at radius 2 is 1.66 bits per heavy atom. The summed E-state index contributed by atoms with van der Waals surface area (Å²) in [6, 6.07) is 15.3. The first-order chi connectivity index (χ1) is 16.9. The van der Waals surface area contributed by atoms with Crippen LogP contribution in [0.3, 0.4) is 0 Å². The molecule has 0 aromatic heterocycles. The second-order valence-corrected chi connectivity index (χ2v) is 9.44. The van der Waals surface area contributed by atoms with Gasteiger partial charge in [-0.15, -0.1) is 6.58 Å². The number of carboxylic acids is 1. The van der Waals surface area contributed by atoms with Gasteiger partial charge >= 0.3 is 12.1 Å². The number of rotatable bonds is 10. The second-order valence-electron chi connectivity index (χ2n) is 9.44. The van der Waals surface area contributed by atoms with E-state index in [1.54, 1.807) is 6.08 Å². The fourth-order valence-corrected chi connectivity index (χ4v) is 5.37. The van der Waals surface area contributed by atoms with Crippen LogP contribution in [0.1, 0.15) is 62.0 Å². The van der Waals surface area contributed by atoms with E-state index in [1.807, 2.05) is 36.4 Å². The molecule has 7 heteroatoms. The highest BCUT2D eigenvalue weighted by atomic mass is 16.5. The molecule has 2 aliphatic carbocycles. The van der Waals surface area contributed by atoms with Crippen molar-refractivity contribution in [3.8, 4) is 11.1 Å². The molecule has 1 fully saturated rings. The van der Waals surface area contributed by atoms with Crippen LogP contribution in [0.25, 0.3) is 11.1 Å². The number of fused-ring (bicyclic) bond motifs is 3. The molecule has 2 aromatic rings. The summed E-state index contributed by atoms with van der Waals surface area (Å²) in [4.78, 5) is 37.3. The highest BCUT2D eigenvalue weighted by molar-refractivity contribution is 5.87. The van der Waals surface area contributed by atoms with E-state index in [9.17, 15) is 19.5 Å². The molecule has 4 rings (SSSR count). The summed E-state index contributed by atoms with van der Waals surface area (Å²) in [5.41, 5.74) is 3.73. The SMILES string of the molecule is C=CCCC(NC(=O)OCC1c2ccccc2-c2ccccc21)C(=O)NC1(CC(=O)O)CCCC1. The minimum absolute atomic E-state index is 0.0778. The summed E-state index contributed by atoms with van der Waals surface area (Å²) in [5, 5.41) is 15.0. The van der Waals surface area contributed by atoms with Crippen LogP contribution in [0.15, 0.2) is 61.2 Å². The third kappa shape index (κ3) is 5.56. The van der Waals surface area contributed by atoms with Gasteiger partial charge in [0.15, 0.2) is 0 Å². The van der Waals surface area contributed by atoms with Crippen LogP contribution in [0, 0.1) is 0 Å². The molecule has 0 aliphatic heterocycles. The minimum atomic E-state index is -0.945. The van der Waals surface area contributed by atoms with Crippen LogP contribution in [-0.2, 0) is 14.3 Å². The first kappa shape index (κ1) is 24.5. The summed E-state index contributed by atoms with van der Waals surface area (Å²) in [6.07, 6.45) is 4.72. The topological polar surface area (TPSA) is 105 Å². The van der Waals surface area contributed by atoms with Crippen molar-refractivity contribution in [1.29, 1.82) is 0 Å². The Balaban J connectivity index is 1.41. The number of carboxylic acid groups (broad SMARTS) is 1. The van der Waals surface area contributed by atoms with Crippen molar-refractivity contribution in [3.63, 3.8) is 0 Å². The number of carbonyl (C=O) groups excluding carboxylic acids is 2. The number of aliphatic carboxylic acids is 1. The maximum atomic E-state index is 13.1. The van der Waals surface area contributed by atoms with Gasteiger partial charge in [-0.3, -0.25) is 9.59 Å². The van der Waals surface area contributed by atoms with Crippen molar-refractivity contribution in [1.82, 2.24) is 10.6 Å². The quantitative estimate of drug-likeness (QED) is 0.429. The monoisotopic (exact) mass is 476 g/mol. The average molecular weight is 477 g/mol. The Hall–Kier alpha value is -3.61. The van der Waals surface area contributed by atoms with E-state index in [2.05, 4.69) is 29.3 Å². The Morgan fingerprint density at radius 1 is 1.06 bits per heavy atom. The van der Waals surface area contributed by atoms with Gasteiger partial charge in [0.05, 0.1) is 12.0 Å². The third-order valence-electron chi connectivity index (χ3n) is 7.05. The maximum Gasteiger partial charge on any atom is 0.407 e. The zero-order chi connectivity index (χ0) is 24.8. The van der Waals surface area contributed by atoms with Crippen LogP contribution in [0.5, 0.6) is 0 Å². The number of carbonyl (C=O) groups is 3. The largest absolute Gasteiger partial charge is 0.481 e. The lowest BCUT2D eigenvalue weighted by Gasteiger charge is -2.31. The Bertz CT molecular complexity index is 1060. The van der Waals surface area contributed by atoms with Gasteiger partial charge in [0.2, 0.25) is 5.91 Å². The molecule has 0 radical (unpaired) electrons. The van der Waals surface area contributed by atoms with Crippen molar-refractivity contribution in [3.05, 3.63) is 72.3 Å². The lowest BCUT2D eigenvalue weighted by molar-refractivity contribution is -0.139. The molecule has 2 aliphatic rings. The summed E-state index contributed by atoms with van der Waals surface area (Å²) >= 11 is 0. The lowest BCUT2D eigenvalue weighted by Crippen LogP contribution is -2.55. The molecule has 1 unspecified atom stereocenters. The molecule has 0 spiro atoms. The van der Waals surface area contributed by atoms with Gasteiger partial charge in [0.25, 0.3) is 0 Å². The van der Waals surface area contributed by atoms with Crippen LogP contribution in [-0.4, -0.2) is 41.3 Å². The standard InChI is InChI=1S/C28H32N2O5/c1-2-3-14-24(26(33)30-28(17-25(31)32)15-8-9-16-28)29-27(34)35-18-23-21-12-6-4-10-19(21)20-11-5-7-13-22(20)23/h2,4-7,10-13,23-24H,1,3,8-9,14-18H2,(H,29,34)(H,30,33)(H,31,32). The first-order valence-corrected chi connectivity index (χ1v) is 12.2. The van der Waals surface area contributed by atoms with E-state index < -0.39 is 23.6 Å². The molecular weight excluding hydrogens is 444 g/mol. The molecule has 3 N–H and O–H groups in total. The van der Waals surface area contributed by atoms with Crippen LogP contribution < -0.4 is 10.6 Å². The Morgan fingerprint density at radius 3 is 2.23 bits per heavy atom. The molecule has 35 heavy (non-hydrogen) atoms. The van der Waals surface area contributed by atoms with Crippen molar-refractivity contribution in [2.45, 2.75) is 62.4 Å². The van der Waals surface area contributed by atoms with Gasteiger partial charge in [-0.2, -0.15) is 0 Å². The molecular formula is C28H32N2O5. The predicted molar refractivity (Wildman–Crippen MR) is 133 cm³/mol. The number of nitrogens with one attached hydrogen (secondary N) is 2. The molecule has 0 heterocycles. The number of alkyl carbamates (subject to hydrolysis) is 1. The zero-order valence-corrected chi connectivity index (χ0v) is 19.8. The van der Waals surface area contributed by atoms with Crippen molar-refractivity contribution < 1.29 is 24.2 Å². The van der Waals surface area contributed by atoms with Crippen molar-refractivity contribution in [2.75, 3.05) is 6.61 Å². The second kappa shape index (κ2) is 10.8. The van der Waals surface area contributed by atoms with Gasteiger partial charge in [0.1, 0.15) is 12.6 Å². The minimum Gasteiger partial charge on any atom is -0.481 e. The first-order valence-electron chi connectivity index (χ1n) is 12.2. The maximum absolute atomic E-state index is 13.1. The molecule has 0 bridgehead atoms. The smallest absolute Gasteiger partial charge is 0.407 e. The number of amides is 2. The number of hydrogen-bond acceptors (Lipinski definition) is 4. The number of hydrogen-bond donors (Lipinski definition) is 3. The van der Waals surface area contributed by atoms with E-state index >= 15 is 0 Å². The predicted octanol–water partition coefficient (Wildman–Crippen LogP) is 4.76. The van der Waals surface area contributed by atoms with Gasteiger partial charge in [0, 0.05) is 5.92 Å². The number of allylic oxidation sites excluding steroid dienone is 1.